The van der Waals surface area contributed by atoms with Gasteiger partial charge in [0.15, 0.2) is 0 Å². The Morgan fingerprint density at radius 1 is 1.30 bits per heavy atom. The molecule has 2 nitrogen and oxygen atoms in total. The van der Waals surface area contributed by atoms with Crippen LogP contribution in [0, 0.1) is 6.92 Å². The first-order chi connectivity index (χ1) is 4.83. The van der Waals surface area contributed by atoms with E-state index in [1.165, 1.54) is 0 Å². The van der Waals surface area contributed by atoms with Gasteiger partial charge in [0.05, 0.1) is 5.69 Å². The number of nitrogens with one attached hydrogen (secondary N) is 1. The summed E-state index contributed by atoms with van der Waals surface area (Å²) in [5, 5.41) is 3.22. The van der Waals surface area contributed by atoms with Crippen molar-refractivity contribution in [3.05, 3.63) is 29.8 Å². The van der Waals surface area contributed by atoms with Crippen LogP contribution in [0.25, 0.3) is 0 Å². The van der Waals surface area contributed by atoms with Crippen molar-refractivity contribution in [1.82, 2.24) is 0 Å². The van der Waals surface area contributed by atoms with Crippen LogP contribution in [-0.4, -0.2) is 0 Å². The van der Waals surface area contributed by atoms with Crippen molar-refractivity contribution in [3.8, 4) is 0 Å². The molecule has 0 amide bonds. The van der Waals surface area contributed by atoms with Crippen molar-refractivity contribution < 1.29 is 9.57 Å². The van der Waals surface area contributed by atoms with Crippen LogP contribution in [0.5, 0.6) is 0 Å². The van der Waals surface area contributed by atoms with Crippen LogP contribution in [0.1, 0.15) is 5.56 Å². The third-order valence-electron chi connectivity index (χ3n) is 1.21. The molecule has 0 aliphatic carbocycles. The maximum Gasteiger partial charge on any atom is 0.0637 e. The Bertz CT molecular complexity index is 197. The fourth-order valence-electron chi connectivity index (χ4n) is 0.666. The van der Waals surface area contributed by atoms with E-state index in [1.807, 2.05) is 19.1 Å². The van der Waals surface area contributed by atoms with E-state index in [0.717, 1.165) is 5.56 Å². The summed E-state index contributed by atoms with van der Waals surface area (Å²) in [6, 6.07) is 7.19. The molecule has 0 atom stereocenters. The van der Waals surface area contributed by atoms with Crippen molar-refractivity contribution in [2.24, 2.45) is 0 Å². The molecule has 1 aromatic rings. The number of halogens is 1. The normalized spacial score (nSPS) is 9.40. The minimum Gasteiger partial charge on any atom is -0.231 e. The lowest BCUT2D eigenvalue weighted by atomic mass is 10.2. The fraction of sp³-hybridized carbons (Fsp3) is 0.143. The number of rotatable bonds is 2. The Morgan fingerprint density at radius 2 is 1.90 bits per heavy atom. The summed E-state index contributed by atoms with van der Waals surface area (Å²) >= 11 is 0. The number of benzene rings is 1. The molecule has 1 N–H and O–H groups in total. The summed E-state index contributed by atoms with van der Waals surface area (Å²) in [5.74, 6) is 0. The maximum absolute atomic E-state index is 11.2. The lowest BCUT2D eigenvalue weighted by Crippen LogP contribution is -1.90. The van der Waals surface area contributed by atoms with E-state index in [9.17, 15) is 4.53 Å². The standard InChI is InChI=1S/C7H8FNO/c1-6-2-4-7(5-3-6)9-10-8/h2-5,9H,1H3. The zero-order valence-electron chi connectivity index (χ0n) is 5.60. The minimum absolute atomic E-state index is 0.605. The molecule has 0 aliphatic rings. The Kier molecular flexibility index (Phi) is 2.23. The predicted octanol–water partition coefficient (Wildman–Crippen LogP) is 2.22. The summed E-state index contributed by atoms with van der Waals surface area (Å²) in [6.07, 6.45) is 0. The first-order valence-corrected chi connectivity index (χ1v) is 2.93. The molecule has 0 spiro atoms. The minimum atomic E-state index is 0.605. The first kappa shape index (κ1) is 7.02. The molecule has 0 bridgehead atoms. The second-order valence-corrected chi connectivity index (χ2v) is 2.05. The van der Waals surface area contributed by atoms with Gasteiger partial charge in [-0.3, -0.25) is 0 Å². The quantitative estimate of drug-likeness (QED) is 0.637. The topological polar surface area (TPSA) is 21.3 Å². The van der Waals surface area contributed by atoms with Crippen molar-refractivity contribution in [2.45, 2.75) is 6.92 Å². The average Bonchev–Trinajstić information content (AvgIpc) is 1.95. The van der Waals surface area contributed by atoms with E-state index < -0.39 is 0 Å². The molecule has 1 rings (SSSR count). The molecule has 1 aromatic carbocycles. The van der Waals surface area contributed by atoms with E-state index in [2.05, 4.69) is 10.5 Å². The zero-order valence-corrected chi connectivity index (χ0v) is 5.60. The van der Waals surface area contributed by atoms with E-state index in [1.54, 1.807) is 12.1 Å². The van der Waals surface area contributed by atoms with Gasteiger partial charge >= 0.3 is 0 Å². The second-order valence-electron chi connectivity index (χ2n) is 2.05. The molecular formula is C7H8FNO. The van der Waals surface area contributed by atoms with Gasteiger partial charge in [-0.1, -0.05) is 22.7 Å². The van der Waals surface area contributed by atoms with Gasteiger partial charge in [0.2, 0.25) is 0 Å². The van der Waals surface area contributed by atoms with Crippen LogP contribution in [0.2, 0.25) is 0 Å². The highest BCUT2D eigenvalue weighted by molar-refractivity contribution is 5.42. The van der Waals surface area contributed by atoms with E-state index in [0.29, 0.717) is 5.69 Å². The molecule has 0 heterocycles. The molecule has 0 unspecified atom stereocenters. The lowest BCUT2D eigenvalue weighted by molar-refractivity contribution is -0.0973. The highest BCUT2D eigenvalue weighted by Gasteiger charge is 1.88. The van der Waals surface area contributed by atoms with Gasteiger partial charge in [0.1, 0.15) is 0 Å². The molecule has 0 saturated heterocycles. The number of aryl methyl sites for hydroxylation is 1. The molecule has 0 saturated carbocycles. The monoisotopic (exact) mass is 141 g/mol. The first-order valence-electron chi connectivity index (χ1n) is 2.93. The molecule has 0 radical (unpaired) electrons. The summed E-state index contributed by atoms with van der Waals surface area (Å²) in [4.78, 5) is 0. The van der Waals surface area contributed by atoms with Crippen LogP contribution < -0.4 is 5.48 Å². The summed E-state index contributed by atoms with van der Waals surface area (Å²) in [7, 11) is 0. The maximum atomic E-state index is 11.2. The van der Waals surface area contributed by atoms with Gasteiger partial charge in [-0.15, -0.1) is 0 Å². The molecular weight excluding hydrogens is 133 g/mol. The van der Waals surface area contributed by atoms with Crippen molar-refractivity contribution in [2.75, 3.05) is 5.48 Å². The van der Waals surface area contributed by atoms with Gasteiger partial charge in [-0.05, 0) is 23.6 Å². The summed E-state index contributed by atoms with van der Waals surface area (Å²) in [5.41, 5.74) is 3.80. The van der Waals surface area contributed by atoms with Gasteiger partial charge in [-0.25, -0.2) is 5.48 Å². The lowest BCUT2D eigenvalue weighted by Gasteiger charge is -1.97. The van der Waals surface area contributed by atoms with Gasteiger partial charge < -0.3 is 0 Å². The zero-order chi connectivity index (χ0) is 7.40. The van der Waals surface area contributed by atoms with Gasteiger partial charge in [0, 0.05) is 0 Å². The fourth-order valence-corrected chi connectivity index (χ4v) is 0.666. The highest BCUT2D eigenvalue weighted by Crippen LogP contribution is 2.07. The van der Waals surface area contributed by atoms with Crippen LogP contribution in [0.15, 0.2) is 24.3 Å². The van der Waals surface area contributed by atoms with Crippen LogP contribution >= 0.6 is 0 Å². The Labute approximate surface area is 58.5 Å². The summed E-state index contributed by atoms with van der Waals surface area (Å²) < 4.78 is 11.2. The smallest absolute Gasteiger partial charge is 0.0637 e. The summed E-state index contributed by atoms with van der Waals surface area (Å²) in [6.45, 7) is 1.96. The number of hydrogen-bond acceptors (Lipinski definition) is 2. The Hall–Kier alpha value is -1.09. The SMILES string of the molecule is Cc1ccc(NOF)cc1. The average molecular weight is 141 g/mol. The van der Waals surface area contributed by atoms with Crippen molar-refractivity contribution >= 4 is 5.69 Å². The number of hydrogen-bond donors (Lipinski definition) is 1. The van der Waals surface area contributed by atoms with Gasteiger partial charge in [0.25, 0.3) is 0 Å². The van der Waals surface area contributed by atoms with Crippen molar-refractivity contribution in [1.29, 1.82) is 0 Å². The Balaban J connectivity index is 2.69. The molecule has 0 aromatic heterocycles. The third-order valence-corrected chi connectivity index (χ3v) is 1.21. The van der Waals surface area contributed by atoms with Crippen LogP contribution in [0.3, 0.4) is 0 Å². The Morgan fingerprint density at radius 3 is 2.40 bits per heavy atom. The van der Waals surface area contributed by atoms with E-state index in [-0.39, 0.29) is 0 Å². The van der Waals surface area contributed by atoms with E-state index in [4.69, 9.17) is 0 Å². The molecule has 3 heteroatoms. The molecule has 0 aliphatic heterocycles. The molecule has 10 heavy (non-hydrogen) atoms. The van der Waals surface area contributed by atoms with Crippen LogP contribution in [0.4, 0.5) is 10.2 Å². The predicted molar refractivity (Wildman–Crippen MR) is 37.0 cm³/mol. The van der Waals surface area contributed by atoms with Gasteiger partial charge in [-0.2, -0.15) is 0 Å². The van der Waals surface area contributed by atoms with E-state index >= 15 is 0 Å². The number of anilines is 1. The van der Waals surface area contributed by atoms with Crippen molar-refractivity contribution in [3.63, 3.8) is 0 Å². The van der Waals surface area contributed by atoms with Crippen LogP contribution in [-0.2, 0) is 5.04 Å². The highest BCUT2D eigenvalue weighted by atomic mass is 19.3. The second kappa shape index (κ2) is 3.17. The third kappa shape index (κ3) is 1.70. The molecule has 0 fully saturated rings. The molecule has 54 valence electrons. The largest absolute Gasteiger partial charge is 0.231 e.